The summed E-state index contributed by atoms with van der Waals surface area (Å²) in [7, 11) is -1.92. The standard InChI is InChI=1S/C16H23BrN2O5S/c1-23-10-11-24-12-16(20)18-14-6-8-19(9-7-14)25(21,22)15-4-2-13(17)3-5-15/h2-5,14H,6-12H2,1H3,(H,18,20). The van der Waals surface area contributed by atoms with Gasteiger partial charge in [-0.05, 0) is 37.1 Å². The Morgan fingerprint density at radius 2 is 1.88 bits per heavy atom. The van der Waals surface area contributed by atoms with E-state index in [0.717, 1.165) is 4.47 Å². The van der Waals surface area contributed by atoms with E-state index in [4.69, 9.17) is 9.47 Å². The third kappa shape index (κ3) is 6.03. The van der Waals surface area contributed by atoms with Crippen molar-refractivity contribution >= 4 is 31.9 Å². The van der Waals surface area contributed by atoms with E-state index in [0.29, 0.717) is 39.1 Å². The number of nitrogens with zero attached hydrogens (tertiary/aromatic N) is 1. The number of carbonyl (C=O) groups excluding carboxylic acids is 1. The van der Waals surface area contributed by atoms with Crippen LogP contribution >= 0.6 is 15.9 Å². The predicted molar refractivity (Wildman–Crippen MR) is 96.8 cm³/mol. The SMILES string of the molecule is COCCOCC(=O)NC1CCN(S(=O)(=O)c2ccc(Br)cc2)CC1. The fourth-order valence-electron chi connectivity index (χ4n) is 2.57. The highest BCUT2D eigenvalue weighted by molar-refractivity contribution is 9.10. The van der Waals surface area contributed by atoms with Crippen LogP contribution < -0.4 is 5.32 Å². The fourth-order valence-corrected chi connectivity index (χ4v) is 4.31. The van der Waals surface area contributed by atoms with E-state index in [1.54, 1.807) is 31.4 Å². The molecule has 2 rings (SSSR count). The Morgan fingerprint density at radius 1 is 1.24 bits per heavy atom. The fraction of sp³-hybridized carbons (Fsp3) is 0.562. The van der Waals surface area contributed by atoms with Crippen LogP contribution in [0.25, 0.3) is 0 Å². The molecule has 140 valence electrons. The number of halogens is 1. The van der Waals surface area contributed by atoms with Crippen molar-refractivity contribution in [3.8, 4) is 0 Å². The molecule has 0 radical (unpaired) electrons. The van der Waals surface area contributed by atoms with Crippen molar-refractivity contribution in [1.82, 2.24) is 9.62 Å². The number of ether oxygens (including phenoxy) is 2. The van der Waals surface area contributed by atoms with Crippen LogP contribution in [0.3, 0.4) is 0 Å². The molecule has 1 amide bonds. The molecule has 0 saturated carbocycles. The lowest BCUT2D eigenvalue weighted by molar-refractivity contribution is -0.127. The molecule has 0 aliphatic carbocycles. The number of benzene rings is 1. The van der Waals surface area contributed by atoms with Gasteiger partial charge in [-0.2, -0.15) is 4.31 Å². The number of amides is 1. The number of sulfonamides is 1. The summed E-state index contributed by atoms with van der Waals surface area (Å²) in [6.45, 7) is 1.57. The highest BCUT2D eigenvalue weighted by atomic mass is 79.9. The van der Waals surface area contributed by atoms with Crippen molar-refractivity contribution in [1.29, 1.82) is 0 Å². The van der Waals surface area contributed by atoms with Crippen LogP contribution in [0.5, 0.6) is 0 Å². The van der Waals surface area contributed by atoms with E-state index in [9.17, 15) is 13.2 Å². The summed E-state index contributed by atoms with van der Waals surface area (Å²) >= 11 is 3.30. The van der Waals surface area contributed by atoms with Crippen LogP contribution in [0.15, 0.2) is 33.6 Å². The van der Waals surface area contributed by atoms with Gasteiger partial charge in [0.1, 0.15) is 6.61 Å². The van der Waals surface area contributed by atoms with Gasteiger partial charge in [-0.3, -0.25) is 4.79 Å². The van der Waals surface area contributed by atoms with E-state index in [1.165, 1.54) is 4.31 Å². The molecule has 7 nitrogen and oxygen atoms in total. The second-order valence-electron chi connectivity index (χ2n) is 5.75. The quantitative estimate of drug-likeness (QED) is 0.624. The molecular weight excluding hydrogens is 412 g/mol. The molecule has 0 spiro atoms. The van der Waals surface area contributed by atoms with Crippen molar-refractivity contribution in [2.24, 2.45) is 0 Å². The molecule has 1 heterocycles. The molecule has 1 aromatic carbocycles. The maximum absolute atomic E-state index is 12.6. The lowest BCUT2D eigenvalue weighted by Gasteiger charge is -2.31. The maximum atomic E-state index is 12.6. The van der Waals surface area contributed by atoms with E-state index in [1.807, 2.05) is 0 Å². The first kappa shape index (κ1) is 20.3. The Bertz CT molecular complexity index is 658. The van der Waals surface area contributed by atoms with Crippen molar-refractivity contribution in [2.45, 2.75) is 23.8 Å². The smallest absolute Gasteiger partial charge is 0.246 e. The van der Waals surface area contributed by atoms with E-state index in [-0.39, 0.29) is 23.5 Å². The Labute approximate surface area is 156 Å². The summed E-state index contributed by atoms with van der Waals surface area (Å²) < 4.78 is 37.6. The zero-order valence-electron chi connectivity index (χ0n) is 14.1. The highest BCUT2D eigenvalue weighted by Gasteiger charge is 2.29. The molecule has 9 heteroatoms. The molecule has 0 atom stereocenters. The normalized spacial score (nSPS) is 16.7. The van der Waals surface area contributed by atoms with Gasteiger partial charge in [-0.15, -0.1) is 0 Å². The highest BCUT2D eigenvalue weighted by Crippen LogP contribution is 2.22. The second kappa shape index (κ2) is 9.63. The molecule has 0 bridgehead atoms. The zero-order chi connectivity index (χ0) is 18.3. The molecule has 1 aromatic rings. The molecule has 25 heavy (non-hydrogen) atoms. The van der Waals surface area contributed by atoms with E-state index in [2.05, 4.69) is 21.2 Å². The summed E-state index contributed by atoms with van der Waals surface area (Å²) in [5, 5.41) is 2.88. The third-order valence-electron chi connectivity index (χ3n) is 3.94. The molecule has 0 unspecified atom stereocenters. The van der Waals surface area contributed by atoms with Crippen LogP contribution in [0, 0.1) is 0 Å². The molecule has 1 fully saturated rings. The molecule has 1 aliphatic heterocycles. The number of hydrogen-bond donors (Lipinski definition) is 1. The first-order valence-corrected chi connectivity index (χ1v) is 10.3. The Morgan fingerprint density at radius 3 is 2.48 bits per heavy atom. The summed E-state index contributed by atoms with van der Waals surface area (Å²) in [5.41, 5.74) is 0. The minimum absolute atomic E-state index is 0.0131. The summed E-state index contributed by atoms with van der Waals surface area (Å²) in [5.74, 6) is -0.190. The molecule has 1 aliphatic rings. The van der Waals surface area contributed by atoms with E-state index >= 15 is 0 Å². The van der Waals surface area contributed by atoms with Gasteiger partial charge in [0.2, 0.25) is 15.9 Å². The number of nitrogens with one attached hydrogen (secondary N) is 1. The van der Waals surface area contributed by atoms with Gasteiger partial charge in [-0.1, -0.05) is 15.9 Å². The van der Waals surface area contributed by atoms with Gasteiger partial charge in [0.15, 0.2) is 0 Å². The topological polar surface area (TPSA) is 84.9 Å². The first-order chi connectivity index (χ1) is 11.9. The summed E-state index contributed by atoms with van der Waals surface area (Å²) in [4.78, 5) is 12.1. The van der Waals surface area contributed by atoms with Gasteiger partial charge in [-0.25, -0.2) is 8.42 Å². The molecule has 0 aromatic heterocycles. The number of hydrogen-bond acceptors (Lipinski definition) is 5. The summed E-state index contributed by atoms with van der Waals surface area (Å²) in [6.07, 6.45) is 1.17. The summed E-state index contributed by atoms with van der Waals surface area (Å²) in [6, 6.07) is 6.57. The number of carbonyl (C=O) groups is 1. The van der Waals surface area contributed by atoms with Crippen molar-refractivity contribution in [3.63, 3.8) is 0 Å². The van der Waals surface area contributed by atoms with Gasteiger partial charge >= 0.3 is 0 Å². The monoisotopic (exact) mass is 434 g/mol. The van der Waals surface area contributed by atoms with Gasteiger partial charge in [0, 0.05) is 30.7 Å². The number of rotatable bonds is 8. The largest absolute Gasteiger partial charge is 0.382 e. The average molecular weight is 435 g/mol. The lowest BCUT2D eigenvalue weighted by Crippen LogP contribution is -2.47. The van der Waals surface area contributed by atoms with Crippen LogP contribution in [0.1, 0.15) is 12.8 Å². The van der Waals surface area contributed by atoms with Crippen molar-refractivity contribution in [2.75, 3.05) is 40.0 Å². The predicted octanol–water partition coefficient (Wildman–Crippen LogP) is 1.38. The van der Waals surface area contributed by atoms with Crippen LogP contribution in [-0.4, -0.2) is 64.7 Å². The zero-order valence-corrected chi connectivity index (χ0v) is 16.5. The van der Waals surface area contributed by atoms with E-state index < -0.39 is 10.0 Å². The molecule has 1 N–H and O–H groups in total. The van der Waals surface area contributed by atoms with Crippen LogP contribution in [-0.2, 0) is 24.3 Å². The van der Waals surface area contributed by atoms with Crippen LogP contribution in [0.4, 0.5) is 0 Å². The third-order valence-corrected chi connectivity index (χ3v) is 6.38. The Kier molecular flexibility index (Phi) is 7.82. The first-order valence-electron chi connectivity index (χ1n) is 8.05. The molecule has 1 saturated heterocycles. The Hall–Kier alpha value is -1.00. The minimum Gasteiger partial charge on any atom is -0.382 e. The Balaban J connectivity index is 1.81. The maximum Gasteiger partial charge on any atom is 0.246 e. The van der Waals surface area contributed by atoms with Gasteiger partial charge in [0.05, 0.1) is 18.1 Å². The van der Waals surface area contributed by atoms with Gasteiger partial charge < -0.3 is 14.8 Å². The lowest BCUT2D eigenvalue weighted by atomic mass is 10.1. The van der Waals surface area contributed by atoms with Gasteiger partial charge in [0.25, 0.3) is 0 Å². The minimum atomic E-state index is -3.49. The molecular formula is C16H23BrN2O5S. The van der Waals surface area contributed by atoms with Crippen molar-refractivity contribution in [3.05, 3.63) is 28.7 Å². The average Bonchev–Trinajstić information content (AvgIpc) is 2.60. The van der Waals surface area contributed by atoms with Crippen LogP contribution in [0.2, 0.25) is 0 Å². The van der Waals surface area contributed by atoms with Crippen molar-refractivity contribution < 1.29 is 22.7 Å². The number of methoxy groups -OCH3 is 1. The second-order valence-corrected chi connectivity index (χ2v) is 8.60. The number of piperidine rings is 1.